The van der Waals surface area contributed by atoms with Gasteiger partial charge in [0, 0.05) is 5.48 Å². The second-order valence-electron chi connectivity index (χ2n) is 3.14. The van der Waals surface area contributed by atoms with Crippen molar-refractivity contribution in [3.05, 3.63) is 0 Å². The predicted octanol–water partition coefficient (Wildman–Crippen LogP) is 3.61. The minimum atomic E-state index is -1.15. The van der Waals surface area contributed by atoms with E-state index in [2.05, 4.69) is 0 Å². The van der Waals surface area contributed by atoms with Gasteiger partial charge in [0.1, 0.15) is 0 Å². The van der Waals surface area contributed by atoms with E-state index < -0.39 is 12.7 Å². The fourth-order valence-corrected chi connectivity index (χ4v) is 1.71. The monoisotopic (exact) mass is 144 g/mol. The van der Waals surface area contributed by atoms with E-state index in [1.807, 2.05) is 0 Å². The van der Waals surface area contributed by atoms with Gasteiger partial charge in [0.25, 0.3) is 0 Å². The van der Waals surface area contributed by atoms with Gasteiger partial charge in [-0.15, -0.1) is 0 Å². The molecule has 0 spiro atoms. The quantitative estimate of drug-likeness (QED) is 0.555. The van der Waals surface area contributed by atoms with Crippen LogP contribution in [-0.4, -0.2) is 0 Å². The molecule has 0 amide bonds. The van der Waals surface area contributed by atoms with Crippen molar-refractivity contribution in [2.24, 2.45) is 11.8 Å². The largest absolute Gasteiger partial charge is 0.0651 e. The first kappa shape index (κ1) is 4.13. The van der Waals surface area contributed by atoms with Crippen molar-refractivity contribution in [1.29, 1.82) is 0 Å². The smallest absolute Gasteiger partial charge is 0.0267 e. The Balaban J connectivity index is 2.61. The Morgan fingerprint density at radius 2 is 1.70 bits per heavy atom. The normalized spacial score (nSPS) is 43.0. The Labute approximate surface area is 70.6 Å². The number of hydrogen-bond donors (Lipinski definition) is 0. The lowest BCUT2D eigenvalue weighted by atomic mass is 9.79. The summed E-state index contributed by atoms with van der Waals surface area (Å²) in [5.41, 5.74) is 0. The molecule has 0 aliphatic heterocycles. The molecule has 1 saturated carbocycles. The Morgan fingerprint density at radius 1 is 1.20 bits per heavy atom. The molecule has 0 aromatic heterocycles. The van der Waals surface area contributed by atoms with Gasteiger partial charge < -0.3 is 0 Å². The molecule has 0 heterocycles. The van der Waals surface area contributed by atoms with E-state index in [1.165, 1.54) is 0 Å². The molecule has 0 nitrogen and oxygen atoms in total. The van der Waals surface area contributed by atoms with Crippen LogP contribution in [0.3, 0.4) is 0 Å². The Hall–Kier alpha value is 0. The molecule has 60 valence electrons. The highest BCUT2D eigenvalue weighted by atomic mass is 14.2. The molecule has 10 heavy (non-hydrogen) atoms. The van der Waals surface area contributed by atoms with E-state index in [0.29, 0.717) is 6.42 Å². The molecule has 1 aliphatic rings. The Morgan fingerprint density at radius 3 is 2.10 bits per heavy atom. The number of rotatable bonds is 2. The number of hydrogen-bond acceptors (Lipinski definition) is 0. The molecule has 0 aromatic rings. The van der Waals surface area contributed by atoms with Crippen molar-refractivity contribution in [2.75, 3.05) is 0 Å². The molecule has 0 radical (unpaired) electrons. The summed E-state index contributed by atoms with van der Waals surface area (Å²) in [5.74, 6) is 0.0764. The van der Waals surface area contributed by atoms with Crippen LogP contribution in [0, 0.1) is 11.8 Å². The average Bonchev–Trinajstić information content (AvgIpc) is 2.01. The van der Waals surface area contributed by atoms with Gasteiger partial charge in [0.2, 0.25) is 0 Å². The van der Waals surface area contributed by atoms with Gasteiger partial charge in [-0.25, -0.2) is 0 Å². The molecular weight excluding hydrogens is 120 g/mol. The third-order valence-electron chi connectivity index (χ3n) is 2.49. The SMILES string of the molecule is [2H]C([2H])(C)C1CCCC(C([2H])([2H])C)C1. The second-order valence-corrected chi connectivity index (χ2v) is 3.14. The molecule has 1 fully saturated rings. The molecule has 2 unspecified atom stereocenters. The minimum absolute atomic E-state index is 0.0382. The van der Waals surface area contributed by atoms with Crippen LogP contribution in [0.4, 0.5) is 0 Å². The zero-order valence-corrected chi connectivity index (χ0v) is 6.98. The lowest BCUT2D eigenvalue weighted by molar-refractivity contribution is 0.255. The van der Waals surface area contributed by atoms with E-state index in [1.54, 1.807) is 13.8 Å². The highest BCUT2D eigenvalue weighted by Crippen LogP contribution is 2.32. The van der Waals surface area contributed by atoms with E-state index in [-0.39, 0.29) is 11.8 Å². The van der Waals surface area contributed by atoms with E-state index >= 15 is 0 Å². The maximum Gasteiger partial charge on any atom is 0.0267 e. The fourth-order valence-electron chi connectivity index (χ4n) is 1.71. The van der Waals surface area contributed by atoms with Gasteiger partial charge in [0.15, 0.2) is 0 Å². The summed E-state index contributed by atoms with van der Waals surface area (Å²) in [6, 6.07) is 0. The first-order valence-corrected chi connectivity index (χ1v) is 4.21. The molecule has 0 heteroatoms. The maximum atomic E-state index is 7.67. The average molecular weight is 144 g/mol. The van der Waals surface area contributed by atoms with Crippen molar-refractivity contribution in [3.63, 3.8) is 0 Å². The van der Waals surface area contributed by atoms with Crippen molar-refractivity contribution >= 4 is 0 Å². The maximum absolute atomic E-state index is 7.67. The highest BCUT2D eigenvalue weighted by Gasteiger charge is 2.18. The Kier molecular flexibility index (Phi) is 1.65. The molecule has 0 saturated heterocycles. The summed E-state index contributed by atoms with van der Waals surface area (Å²) in [6.45, 7) is 3.23. The summed E-state index contributed by atoms with van der Waals surface area (Å²) < 4.78 is 30.7. The molecule has 2 atom stereocenters. The van der Waals surface area contributed by atoms with Crippen LogP contribution in [-0.2, 0) is 0 Å². The van der Waals surface area contributed by atoms with Crippen LogP contribution >= 0.6 is 0 Å². The van der Waals surface area contributed by atoms with Crippen LogP contribution in [0.25, 0.3) is 0 Å². The Bertz CT molecular complexity index is 169. The van der Waals surface area contributed by atoms with Crippen molar-refractivity contribution < 1.29 is 5.48 Å². The zero-order chi connectivity index (χ0) is 11.0. The standard InChI is InChI=1S/C10H20/c1-3-9-6-5-7-10(4-2)8-9/h9-10H,3-8H2,1-2H3/i3D2,4D2. The molecule has 0 N–H and O–H groups in total. The van der Waals surface area contributed by atoms with Crippen LogP contribution in [0.2, 0.25) is 0 Å². The van der Waals surface area contributed by atoms with E-state index in [0.717, 1.165) is 19.3 Å². The van der Waals surface area contributed by atoms with Crippen LogP contribution < -0.4 is 0 Å². The predicted molar refractivity (Wildman–Crippen MR) is 46.0 cm³/mol. The molecular formula is C10H20. The topological polar surface area (TPSA) is 0 Å². The fraction of sp³-hybridized carbons (Fsp3) is 1.00. The van der Waals surface area contributed by atoms with Gasteiger partial charge in [-0.05, 0) is 18.3 Å². The van der Waals surface area contributed by atoms with Crippen molar-refractivity contribution in [2.45, 2.75) is 52.3 Å². The summed E-state index contributed by atoms with van der Waals surface area (Å²) in [4.78, 5) is 0. The highest BCUT2D eigenvalue weighted by molar-refractivity contribution is 4.70. The van der Waals surface area contributed by atoms with Crippen LogP contribution in [0.1, 0.15) is 57.8 Å². The van der Waals surface area contributed by atoms with Gasteiger partial charge in [-0.2, -0.15) is 0 Å². The third kappa shape index (κ3) is 2.00. The minimum Gasteiger partial charge on any atom is -0.0651 e. The summed E-state index contributed by atoms with van der Waals surface area (Å²) in [6.07, 6.45) is 1.20. The molecule has 1 rings (SSSR count). The first-order valence-electron chi connectivity index (χ1n) is 6.21. The van der Waals surface area contributed by atoms with Gasteiger partial charge >= 0.3 is 0 Å². The van der Waals surface area contributed by atoms with E-state index in [9.17, 15) is 0 Å². The van der Waals surface area contributed by atoms with Gasteiger partial charge in [0.05, 0.1) is 0 Å². The molecule has 0 bridgehead atoms. The van der Waals surface area contributed by atoms with Crippen molar-refractivity contribution in [1.82, 2.24) is 0 Å². The van der Waals surface area contributed by atoms with Gasteiger partial charge in [-0.3, -0.25) is 0 Å². The summed E-state index contributed by atoms with van der Waals surface area (Å²) >= 11 is 0. The van der Waals surface area contributed by atoms with Gasteiger partial charge in [-0.1, -0.05) is 45.9 Å². The molecule has 0 aromatic carbocycles. The van der Waals surface area contributed by atoms with Crippen LogP contribution in [0.15, 0.2) is 0 Å². The third-order valence-corrected chi connectivity index (χ3v) is 2.49. The lowest BCUT2D eigenvalue weighted by Crippen LogP contribution is -2.13. The first-order chi connectivity index (χ1) is 6.21. The lowest BCUT2D eigenvalue weighted by Gasteiger charge is -2.27. The van der Waals surface area contributed by atoms with Crippen molar-refractivity contribution in [3.8, 4) is 0 Å². The second kappa shape index (κ2) is 4.00. The summed E-state index contributed by atoms with van der Waals surface area (Å²) in [5, 5.41) is 0. The zero-order valence-electron chi connectivity index (χ0n) is 11.0. The summed E-state index contributed by atoms with van der Waals surface area (Å²) in [7, 11) is 0. The van der Waals surface area contributed by atoms with Crippen LogP contribution in [0.5, 0.6) is 0 Å². The van der Waals surface area contributed by atoms with E-state index in [4.69, 9.17) is 5.48 Å². The molecule has 1 aliphatic carbocycles.